The second kappa shape index (κ2) is 5.35. The fourth-order valence-corrected chi connectivity index (χ4v) is 4.11. The molecule has 0 saturated carbocycles. The fraction of sp³-hybridized carbons (Fsp3) is 0.600. The van der Waals surface area contributed by atoms with Crippen molar-refractivity contribution in [2.24, 2.45) is 5.41 Å². The Morgan fingerprint density at radius 1 is 1.19 bits per heavy atom. The highest BCUT2D eigenvalue weighted by molar-refractivity contribution is 7.86. The summed E-state index contributed by atoms with van der Waals surface area (Å²) in [5.41, 5.74) is -0.546. The van der Waals surface area contributed by atoms with Gasteiger partial charge in [0.1, 0.15) is 0 Å². The number of rotatable bonds is 4. The minimum Gasteiger partial charge on any atom is -0.388 e. The maximum Gasteiger partial charge on any atom is 0.282 e. The molecule has 1 aromatic carbocycles. The Kier molecular flexibility index (Phi) is 4.19. The van der Waals surface area contributed by atoms with E-state index in [0.29, 0.717) is 13.1 Å². The van der Waals surface area contributed by atoms with Crippen LogP contribution in [-0.4, -0.2) is 47.9 Å². The van der Waals surface area contributed by atoms with Crippen molar-refractivity contribution in [1.29, 1.82) is 0 Å². The van der Waals surface area contributed by atoms with Crippen molar-refractivity contribution < 1.29 is 13.5 Å². The smallest absolute Gasteiger partial charge is 0.282 e. The first-order chi connectivity index (χ1) is 9.56. The molecule has 1 saturated heterocycles. The van der Waals surface area contributed by atoms with Gasteiger partial charge in [0.05, 0.1) is 5.60 Å². The van der Waals surface area contributed by atoms with E-state index >= 15 is 0 Å². The van der Waals surface area contributed by atoms with Crippen LogP contribution >= 0.6 is 0 Å². The number of benzene rings is 1. The van der Waals surface area contributed by atoms with Gasteiger partial charge in [0, 0.05) is 32.1 Å². The Labute approximate surface area is 127 Å². The van der Waals surface area contributed by atoms with Gasteiger partial charge in [0.15, 0.2) is 0 Å². The van der Waals surface area contributed by atoms with E-state index in [4.69, 9.17) is 0 Å². The molecule has 0 spiro atoms. The normalized spacial score (nSPS) is 26.4. The summed E-state index contributed by atoms with van der Waals surface area (Å²) in [5.74, 6) is 0. The van der Waals surface area contributed by atoms with Crippen molar-refractivity contribution in [3.63, 3.8) is 0 Å². The highest BCUT2D eigenvalue weighted by atomic mass is 32.2. The average molecular weight is 312 g/mol. The maximum absolute atomic E-state index is 12.7. The molecule has 1 atom stereocenters. The standard InChI is InChI=1S/C15H24N2O3S/c1-14(2)11-17(12-15(14,3)18)21(19,20)16(4)10-13-8-6-5-7-9-13/h5-9,18H,10-12H2,1-4H3/t15-/m0/s1. The van der Waals surface area contributed by atoms with E-state index in [1.54, 1.807) is 14.0 Å². The molecule has 0 radical (unpaired) electrons. The molecular weight excluding hydrogens is 288 g/mol. The van der Waals surface area contributed by atoms with E-state index in [0.717, 1.165) is 5.56 Å². The summed E-state index contributed by atoms with van der Waals surface area (Å²) in [6.45, 7) is 6.24. The Morgan fingerprint density at radius 3 is 2.24 bits per heavy atom. The van der Waals surface area contributed by atoms with Crippen molar-refractivity contribution in [2.45, 2.75) is 32.9 Å². The van der Waals surface area contributed by atoms with E-state index in [2.05, 4.69) is 0 Å². The van der Waals surface area contributed by atoms with Gasteiger partial charge in [-0.05, 0) is 12.5 Å². The van der Waals surface area contributed by atoms with Crippen LogP contribution in [0.1, 0.15) is 26.3 Å². The third-order valence-corrected chi connectivity index (χ3v) is 6.31. The minimum atomic E-state index is -3.57. The van der Waals surface area contributed by atoms with Crippen LogP contribution in [0.2, 0.25) is 0 Å². The zero-order chi connectivity index (χ0) is 15.9. The third-order valence-electron chi connectivity index (χ3n) is 4.48. The zero-order valence-electron chi connectivity index (χ0n) is 13.1. The first-order valence-electron chi connectivity index (χ1n) is 7.04. The monoisotopic (exact) mass is 312 g/mol. The van der Waals surface area contributed by atoms with Crippen molar-refractivity contribution in [3.05, 3.63) is 35.9 Å². The molecule has 1 aromatic rings. The fourth-order valence-electron chi connectivity index (χ4n) is 2.51. The largest absolute Gasteiger partial charge is 0.388 e. The lowest BCUT2D eigenvalue weighted by Crippen LogP contribution is -2.42. The van der Waals surface area contributed by atoms with Gasteiger partial charge in [0.25, 0.3) is 10.2 Å². The molecule has 2 rings (SSSR count). The molecule has 21 heavy (non-hydrogen) atoms. The summed E-state index contributed by atoms with van der Waals surface area (Å²) < 4.78 is 28.0. The molecular formula is C15H24N2O3S. The lowest BCUT2D eigenvalue weighted by Gasteiger charge is -2.31. The molecule has 0 aliphatic carbocycles. The van der Waals surface area contributed by atoms with E-state index in [9.17, 15) is 13.5 Å². The van der Waals surface area contributed by atoms with Crippen LogP contribution in [0.25, 0.3) is 0 Å². The SMILES string of the molecule is CN(Cc1ccccc1)S(=O)(=O)N1CC(C)(C)[C@@](C)(O)C1. The summed E-state index contributed by atoms with van der Waals surface area (Å²) in [5, 5.41) is 10.4. The lowest BCUT2D eigenvalue weighted by molar-refractivity contribution is -0.0101. The predicted octanol–water partition coefficient (Wildman–Crippen LogP) is 1.46. The number of aliphatic hydroxyl groups is 1. The molecule has 1 aliphatic heterocycles. The van der Waals surface area contributed by atoms with E-state index < -0.39 is 21.2 Å². The van der Waals surface area contributed by atoms with Gasteiger partial charge in [0.2, 0.25) is 0 Å². The summed E-state index contributed by atoms with van der Waals surface area (Å²) in [6.07, 6.45) is 0. The molecule has 118 valence electrons. The van der Waals surface area contributed by atoms with Crippen LogP contribution < -0.4 is 0 Å². The molecule has 0 aromatic heterocycles. The molecule has 1 aliphatic rings. The lowest BCUT2D eigenvalue weighted by atomic mass is 9.79. The number of hydrogen-bond donors (Lipinski definition) is 1. The summed E-state index contributed by atoms with van der Waals surface area (Å²) >= 11 is 0. The Balaban J connectivity index is 2.16. The predicted molar refractivity (Wildman–Crippen MR) is 82.8 cm³/mol. The summed E-state index contributed by atoms with van der Waals surface area (Å²) in [7, 11) is -2.00. The zero-order valence-corrected chi connectivity index (χ0v) is 13.9. The van der Waals surface area contributed by atoms with Gasteiger partial charge in [-0.25, -0.2) is 0 Å². The molecule has 5 nitrogen and oxygen atoms in total. The Morgan fingerprint density at radius 2 is 1.76 bits per heavy atom. The second-order valence-electron chi connectivity index (χ2n) is 6.68. The molecule has 1 N–H and O–H groups in total. The topological polar surface area (TPSA) is 60.9 Å². The molecule has 0 bridgehead atoms. The Bertz CT molecular complexity index is 581. The van der Waals surface area contributed by atoms with Crippen molar-refractivity contribution in [2.75, 3.05) is 20.1 Å². The number of hydrogen-bond acceptors (Lipinski definition) is 3. The van der Waals surface area contributed by atoms with Gasteiger partial charge in [-0.2, -0.15) is 17.0 Å². The maximum atomic E-state index is 12.7. The average Bonchev–Trinajstić information content (AvgIpc) is 2.60. The molecule has 0 unspecified atom stereocenters. The van der Waals surface area contributed by atoms with Crippen LogP contribution in [0.5, 0.6) is 0 Å². The van der Waals surface area contributed by atoms with Gasteiger partial charge >= 0.3 is 0 Å². The van der Waals surface area contributed by atoms with Crippen molar-refractivity contribution >= 4 is 10.2 Å². The number of β-amino-alcohol motifs (C(OH)–C–C–N with tert-alkyl or cyclic N) is 1. The molecule has 0 amide bonds. The van der Waals surface area contributed by atoms with Crippen LogP contribution in [0.15, 0.2) is 30.3 Å². The molecule has 1 fully saturated rings. The summed E-state index contributed by atoms with van der Waals surface area (Å²) in [6, 6.07) is 9.48. The van der Waals surface area contributed by atoms with Gasteiger partial charge in [-0.15, -0.1) is 0 Å². The Hall–Kier alpha value is -0.950. The van der Waals surface area contributed by atoms with E-state index in [1.807, 2.05) is 44.2 Å². The highest BCUT2D eigenvalue weighted by Crippen LogP contribution is 2.40. The molecule has 1 heterocycles. The van der Waals surface area contributed by atoms with Crippen LogP contribution in [0, 0.1) is 5.41 Å². The highest BCUT2D eigenvalue weighted by Gasteiger charge is 2.51. The van der Waals surface area contributed by atoms with Crippen molar-refractivity contribution in [1.82, 2.24) is 8.61 Å². The minimum absolute atomic E-state index is 0.126. The second-order valence-corrected chi connectivity index (χ2v) is 8.71. The third kappa shape index (κ3) is 3.13. The van der Waals surface area contributed by atoms with Crippen molar-refractivity contribution in [3.8, 4) is 0 Å². The van der Waals surface area contributed by atoms with Crippen LogP contribution in [0.4, 0.5) is 0 Å². The van der Waals surface area contributed by atoms with Crippen LogP contribution in [0.3, 0.4) is 0 Å². The van der Waals surface area contributed by atoms with Gasteiger partial charge < -0.3 is 5.11 Å². The first-order valence-corrected chi connectivity index (χ1v) is 8.44. The first kappa shape index (κ1) is 16.4. The van der Waals surface area contributed by atoms with Gasteiger partial charge in [-0.1, -0.05) is 44.2 Å². The quantitative estimate of drug-likeness (QED) is 0.915. The van der Waals surface area contributed by atoms with E-state index in [1.165, 1.54) is 8.61 Å². The van der Waals surface area contributed by atoms with Crippen LogP contribution in [-0.2, 0) is 16.8 Å². The van der Waals surface area contributed by atoms with Gasteiger partial charge in [-0.3, -0.25) is 0 Å². The summed E-state index contributed by atoms with van der Waals surface area (Å²) in [4.78, 5) is 0. The number of nitrogens with zero attached hydrogens (tertiary/aromatic N) is 2. The molecule has 6 heteroatoms. The van der Waals surface area contributed by atoms with E-state index in [-0.39, 0.29) is 6.54 Å².